The van der Waals surface area contributed by atoms with Gasteiger partial charge in [0, 0.05) is 18.7 Å². The third-order valence-electron chi connectivity index (χ3n) is 3.79. The van der Waals surface area contributed by atoms with Crippen molar-refractivity contribution in [2.75, 3.05) is 11.1 Å². The lowest BCUT2D eigenvalue weighted by molar-refractivity contribution is -0.114. The van der Waals surface area contributed by atoms with Crippen molar-refractivity contribution in [2.24, 2.45) is 4.99 Å². The van der Waals surface area contributed by atoms with Crippen molar-refractivity contribution in [3.63, 3.8) is 0 Å². The summed E-state index contributed by atoms with van der Waals surface area (Å²) in [5, 5.41) is 2.63. The van der Waals surface area contributed by atoms with Gasteiger partial charge in [-0.25, -0.2) is 9.37 Å². The van der Waals surface area contributed by atoms with Crippen molar-refractivity contribution >= 4 is 35.4 Å². The van der Waals surface area contributed by atoms with Crippen LogP contribution in [0, 0.1) is 12.7 Å². The monoisotopic (exact) mass is 352 g/mol. The molecule has 0 atom stereocenters. The van der Waals surface area contributed by atoms with E-state index in [4.69, 9.17) is 5.73 Å². The summed E-state index contributed by atoms with van der Waals surface area (Å²) >= 11 is 0. The van der Waals surface area contributed by atoms with Crippen molar-refractivity contribution in [2.45, 2.75) is 20.8 Å². The summed E-state index contributed by atoms with van der Waals surface area (Å²) < 4.78 is 13.6. The summed E-state index contributed by atoms with van der Waals surface area (Å²) in [5.74, 6) is -0.228. The molecule has 0 saturated heterocycles. The Kier molecular flexibility index (Phi) is 6.01. The molecule has 0 bridgehead atoms. The molecular weight excluding hydrogens is 331 g/mol. The van der Waals surface area contributed by atoms with Crippen molar-refractivity contribution < 1.29 is 9.18 Å². The van der Waals surface area contributed by atoms with Gasteiger partial charge in [-0.2, -0.15) is 0 Å². The van der Waals surface area contributed by atoms with E-state index in [-0.39, 0.29) is 11.6 Å². The predicted octanol–water partition coefficient (Wildman–Crippen LogP) is 4.21. The highest BCUT2D eigenvalue weighted by Crippen LogP contribution is 2.28. The van der Waals surface area contributed by atoms with Gasteiger partial charge in [-0.3, -0.25) is 9.79 Å². The Bertz CT molecular complexity index is 916. The summed E-state index contributed by atoms with van der Waals surface area (Å²) in [4.78, 5) is 19.4. The van der Waals surface area contributed by atoms with Gasteiger partial charge in [-0.15, -0.1) is 0 Å². The fraction of sp³-hybridized carbons (Fsp3) is 0.150. The van der Waals surface area contributed by atoms with Crippen LogP contribution in [0.4, 0.5) is 15.9 Å². The topological polar surface area (TPSA) is 80.4 Å². The van der Waals surface area contributed by atoms with E-state index < -0.39 is 5.82 Å². The molecule has 0 fully saturated rings. The first-order valence-electron chi connectivity index (χ1n) is 8.00. The average Bonchev–Trinajstić information content (AvgIpc) is 2.59. The number of nitrogens with one attached hydrogen (secondary N) is 1. The van der Waals surface area contributed by atoms with Crippen LogP contribution in [0.5, 0.6) is 0 Å². The SMILES string of the molecule is C=N/C(=C\C(=C/C)c1cc(N)c(F)cc1C)c1ccnc(NC(C)=O)c1. The van der Waals surface area contributed by atoms with Gasteiger partial charge in [0.1, 0.15) is 11.6 Å². The third kappa shape index (κ3) is 4.42. The van der Waals surface area contributed by atoms with Crippen molar-refractivity contribution in [1.29, 1.82) is 0 Å². The molecule has 0 spiro atoms. The maximum absolute atomic E-state index is 13.6. The zero-order valence-corrected chi connectivity index (χ0v) is 15.0. The largest absolute Gasteiger partial charge is 0.396 e. The van der Waals surface area contributed by atoms with E-state index in [9.17, 15) is 9.18 Å². The zero-order valence-electron chi connectivity index (χ0n) is 15.0. The number of rotatable bonds is 5. The van der Waals surface area contributed by atoms with Crippen LogP contribution in [-0.4, -0.2) is 17.6 Å². The van der Waals surface area contributed by atoms with E-state index in [1.54, 1.807) is 24.4 Å². The molecule has 26 heavy (non-hydrogen) atoms. The number of anilines is 2. The van der Waals surface area contributed by atoms with Gasteiger partial charge in [0.2, 0.25) is 5.91 Å². The molecule has 5 nitrogen and oxygen atoms in total. The minimum absolute atomic E-state index is 0.0864. The number of hydrogen-bond acceptors (Lipinski definition) is 4. The summed E-state index contributed by atoms with van der Waals surface area (Å²) in [7, 11) is 0. The zero-order chi connectivity index (χ0) is 19.3. The molecule has 0 radical (unpaired) electrons. The second-order valence-electron chi connectivity index (χ2n) is 5.73. The number of aryl methyl sites for hydroxylation is 1. The number of aliphatic imine (C=N–C) groups is 1. The highest BCUT2D eigenvalue weighted by atomic mass is 19.1. The number of carbonyl (C=O) groups is 1. The Balaban J connectivity index is 2.48. The lowest BCUT2D eigenvalue weighted by atomic mass is 9.97. The standard InChI is InChI=1S/C20H21FN4O/c1-5-14(16-11-18(22)17(21)8-12(16)2)9-19(23-4)15-6-7-24-20(10-15)25-13(3)26/h5-11H,4,22H2,1-3H3,(H,24,25,26)/b14-5+,19-9-. The summed E-state index contributed by atoms with van der Waals surface area (Å²) in [6.07, 6.45) is 5.30. The van der Waals surface area contributed by atoms with Crippen LogP contribution in [0.15, 0.2) is 47.6 Å². The van der Waals surface area contributed by atoms with Gasteiger partial charge in [0.25, 0.3) is 0 Å². The van der Waals surface area contributed by atoms with Crippen LogP contribution in [-0.2, 0) is 4.79 Å². The number of nitrogen functional groups attached to an aromatic ring is 1. The van der Waals surface area contributed by atoms with Gasteiger partial charge in [-0.1, -0.05) is 6.08 Å². The van der Waals surface area contributed by atoms with E-state index in [1.165, 1.54) is 13.0 Å². The number of carbonyl (C=O) groups excluding carboxylic acids is 1. The van der Waals surface area contributed by atoms with E-state index >= 15 is 0 Å². The highest BCUT2D eigenvalue weighted by Gasteiger charge is 2.10. The molecule has 2 rings (SSSR count). The molecule has 0 aliphatic carbocycles. The predicted molar refractivity (Wildman–Crippen MR) is 105 cm³/mol. The van der Waals surface area contributed by atoms with Gasteiger partial charge < -0.3 is 11.1 Å². The molecule has 6 heteroatoms. The first kappa shape index (κ1) is 19.1. The number of nitrogens with two attached hydrogens (primary N) is 1. The number of nitrogens with zero attached hydrogens (tertiary/aromatic N) is 2. The molecule has 1 aromatic heterocycles. The van der Waals surface area contributed by atoms with Crippen LogP contribution < -0.4 is 11.1 Å². The summed E-state index contributed by atoms with van der Waals surface area (Å²) in [5.41, 5.74) is 9.53. The Morgan fingerprint density at radius 2 is 2.12 bits per heavy atom. The van der Waals surface area contributed by atoms with Gasteiger partial charge >= 0.3 is 0 Å². The summed E-state index contributed by atoms with van der Waals surface area (Å²) in [6.45, 7) is 8.73. The molecule has 0 saturated carbocycles. The summed E-state index contributed by atoms with van der Waals surface area (Å²) in [6, 6.07) is 6.49. The molecule has 2 aromatic rings. The Morgan fingerprint density at radius 1 is 1.38 bits per heavy atom. The van der Waals surface area contributed by atoms with Crippen molar-refractivity contribution in [1.82, 2.24) is 4.98 Å². The average molecular weight is 352 g/mol. The quantitative estimate of drug-likeness (QED) is 0.480. The maximum Gasteiger partial charge on any atom is 0.222 e. The lowest BCUT2D eigenvalue weighted by Gasteiger charge is -2.11. The minimum Gasteiger partial charge on any atom is -0.396 e. The number of benzene rings is 1. The van der Waals surface area contributed by atoms with Gasteiger partial charge in [0.15, 0.2) is 0 Å². The van der Waals surface area contributed by atoms with E-state index in [0.29, 0.717) is 11.5 Å². The van der Waals surface area contributed by atoms with E-state index in [1.807, 2.05) is 26.0 Å². The van der Waals surface area contributed by atoms with Crippen LogP contribution in [0.3, 0.4) is 0 Å². The number of halogens is 1. The van der Waals surface area contributed by atoms with Crippen LogP contribution in [0.1, 0.15) is 30.5 Å². The number of amides is 1. The Hall–Kier alpha value is -3.28. The van der Waals surface area contributed by atoms with Crippen molar-refractivity contribution in [3.8, 4) is 0 Å². The Morgan fingerprint density at radius 3 is 2.73 bits per heavy atom. The molecule has 3 N–H and O–H groups in total. The van der Waals surface area contributed by atoms with Crippen LogP contribution in [0.25, 0.3) is 11.3 Å². The molecule has 1 aromatic carbocycles. The molecule has 1 heterocycles. The van der Waals surface area contributed by atoms with Crippen molar-refractivity contribution in [3.05, 3.63) is 65.1 Å². The molecule has 134 valence electrons. The maximum atomic E-state index is 13.6. The van der Waals surface area contributed by atoms with Crippen LogP contribution >= 0.6 is 0 Å². The molecule has 0 aliphatic rings. The highest BCUT2D eigenvalue weighted by molar-refractivity contribution is 5.89. The second-order valence-corrected chi connectivity index (χ2v) is 5.73. The molecule has 0 aliphatic heterocycles. The van der Waals surface area contributed by atoms with Gasteiger partial charge in [0.05, 0.1) is 11.4 Å². The number of pyridine rings is 1. The second kappa shape index (κ2) is 8.20. The molecule has 0 unspecified atom stereocenters. The van der Waals surface area contributed by atoms with E-state index in [0.717, 1.165) is 22.3 Å². The molecular formula is C20H21FN4O. The first-order valence-corrected chi connectivity index (χ1v) is 8.00. The molecule has 1 amide bonds. The third-order valence-corrected chi connectivity index (χ3v) is 3.79. The fourth-order valence-corrected chi connectivity index (χ4v) is 2.52. The van der Waals surface area contributed by atoms with Gasteiger partial charge in [-0.05, 0) is 67.6 Å². The first-order chi connectivity index (χ1) is 12.3. The smallest absolute Gasteiger partial charge is 0.222 e. The van der Waals surface area contributed by atoms with E-state index in [2.05, 4.69) is 22.0 Å². The lowest BCUT2D eigenvalue weighted by Crippen LogP contribution is -2.07. The minimum atomic E-state index is -0.443. The fourth-order valence-electron chi connectivity index (χ4n) is 2.52. The normalized spacial score (nSPS) is 12.0. The number of aromatic nitrogens is 1. The number of hydrogen-bond donors (Lipinski definition) is 2. The number of allylic oxidation sites excluding steroid dienone is 3. The Labute approximate surface area is 152 Å². The van der Waals surface area contributed by atoms with Crippen LogP contribution in [0.2, 0.25) is 0 Å².